The number of fused-ring (bicyclic) bond motifs is 1. The maximum absolute atomic E-state index is 11.5. The van der Waals surface area contributed by atoms with Gasteiger partial charge in [-0.05, 0) is 55.8 Å². The predicted octanol–water partition coefficient (Wildman–Crippen LogP) is 5.02. The molecule has 1 aliphatic rings. The van der Waals surface area contributed by atoms with Gasteiger partial charge in [-0.2, -0.15) is 0 Å². The minimum absolute atomic E-state index is 0.242. The van der Waals surface area contributed by atoms with Crippen LogP contribution in [0, 0.1) is 6.92 Å². The fraction of sp³-hybridized carbons (Fsp3) is 0.312. The number of hydrogen-bond acceptors (Lipinski definition) is 2. The van der Waals surface area contributed by atoms with Crippen molar-refractivity contribution in [3.05, 3.63) is 46.6 Å². The average molecular weight is 366 g/mol. The number of carbonyl (C=O) groups is 1. The molecule has 0 unspecified atom stereocenters. The molecule has 21 heavy (non-hydrogen) atoms. The zero-order chi connectivity index (χ0) is 15.2. The molecule has 0 aliphatic heterocycles. The number of aromatic carboxylic acids is 1. The maximum atomic E-state index is 11.5. The van der Waals surface area contributed by atoms with E-state index in [1.165, 1.54) is 12.8 Å². The molecule has 1 aromatic heterocycles. The fourth-order valence-corrected chi connectivity index (χ4v) is 4.47. The van der Waals surface area contributed by atoms with Gasteiger partial charge in [-0.3, -0.25) is 3.97 Å². The van der Waals surface area contributed by atoms with Crippen LogP contribution in [0.4, 0.5) is 0 Å². The van der Waals surface area contributed by atoms with Crippen molar-refractivity contribution in [1.29, 1.82) is 0 Å². The summed E-state index contributed by atoms with van der Waals surface area (Å²) in [7, 11) is 0. The van der Waals surface area contributed by atoms with Crippen LogP contribution in [0.5, 0.6) is 0 Å². The van der Waals surface area contributed by atoms with Crippen LogP contribution in [0.25, 0.3) is 10.9 Å². The second kappa shape index (κ2) is 5.21. The number of benzene rings is 1. The molecule has 5 heteroatoms. The lowest BCUT2D eigenvalue weighted by atomic mass is 10.1. The highest BCUT2D eigenvalue weighted by molar-refractivity contribution is 9.10. The number of nitrogens with zero attached hydrogens (tertiary/aromatic N) is 1. The van der Waals surface area contributed by atoms with E-state index < -0.39 is 5.97 Å². The number of allylic oxidation sites excluding steroid dienone is 1. The Morgan fingerprint density at radius 1 is 1.57 bits per heavy atom. The molecule has 1 fully saturated rings. The minimum Gasteiger partial charge on any atom is -0.478 e. The van der Waals surface area contributed by atoms with Gasteiger partial charge in [0.2, 0.25) is 0 Å². The normalized spacial score (nSPS) is 16.1. The molecule has 2 aromatic rings. The van der Waals surface area contributed by atoms with E-state index in [4.69, 9.17) is 0 Å². The Morgan fingerprint density at radius 2 is 2.29 bits per heavy atom. The highest BCUT2D eigenvalue weighted by Crippen LogP contribution is 2.53. The topological polar surface area (TPSA) is 42.2 Å². The maximum Gasteiger partial charge on any atom is 0.336 e. The predicted molar refractivity (Wildman–Crippen MR) is 91.1 cm³/mol. The molecule has 0 atom stereocenters. The van der Waals surface area contributed by atoms with Gasteiger partial charge in [-0.25, -0.2) is 4.79 Å². The second-order valence-corrected chi connectivity index (χ2v) is 7.92. The zero-order valence-corrected chi connectivity index (χ0v) is 14.1. The van der Waals surface area contributed by atoms with Crippen molar-refractivity contribution in [2.45, 2.75) is 30.9 Å². The molecular weight excluding hydrogens is 350 g/mol. The van der Waals surface area contributed by atoms with Gasteiger partial charge < -0.3 is 5.11 Å². The Labute approximate surface area is 136 Å². The molecular formula is C16H16BrNO2S. The number of hydrogen-bond donors (Lipinski definition) is 1. The molecule has 1 aromatic carbocycles. The summed E-state index contributed by atoms with van der Waals surface area (Å²) in [5.74, 6) is -0.889. The van der Waals surface area contributed by atoms with Gasteiger partial charge in [0.15, 0.2) is 0 Å². The number of aromatic nitrogens is 1. The standard InChI is InChI=1S/C16H16BrNO2S/c1-3-4-16(5-6-16)21-18-9-10(2)14-12(15(19)20)7-11(17)8-13(14)18/h3,7-9H,1,4-6H2,2H3,(H,19,20). The van der Waals surface area contributed by atoms with Crippen molar-refractivity contribution < 1.29 is 9.90 Å². The minimum atomic E-state index is -0.889. The van der Waals surface area contributed by atoms with Crippen LogP contribution in [-0.4, -0.2) is 19.8 Å². The zero-order valence-electron chi connectivity index (χ0n) is 11.7. The van der Waals surface area contributed by atoms with Crippen LogP contribution >= 0.6 is 27.9 Å². The molecule has 0 saturated heterocycles. The molecule has 3 nitrogen and oxygen atoms in total. The quantitative estimate of drug-likeness (QED) is 0.756. The third-order valence-corrected chi connectivity index (χ3v) is 5.79. The molecule has 110 valence electrons. The largest absolute Gasteiger partial charge is 0.478 e. The third-order valence-electron chi connectivity index (χ3n) is 3.87. The van der Waals surface area contributed by atoms with E-state index in [0.29, 0.717) is 5.56 Å². The summed E-state index contributed by atoms with van der Waals surface area (Å²) in [6.07, 6.45) is 7.36. The van der Waals surface area contributed by atoms with Gasteiger partial charge in [-0.1, -0.05) is 22.0 Å². The average Bonchev–Trinajstić information content (AvgIpc) is 3.09. The lowest BCUT2D eigenvalue weighted by molar-refractivity contribution is 0.0699. The van der Waals surface area contributed by atoms with E-state index >= 15 is 0 Å². The van der Waals surface area contributed by atoms with Crippen molar-refractivity contribution in [3.8, 4) is 0 Å². The van der Waals surface area contributed by atoms with Crippen LogP contribution in [0.15, 0.2) is 35.5 Å². The summed E-state index contributed by atoms with van der Waals surface area (Å²) in [5.41, 5.74) is 2.31. The lowest BCUT2D eigenvalue weighted by Gasteiger charge is -2.14. The van der Waals surface area contributed by atoms with Crippen molar-refractivity contribution in [3.63, 3.8) is 0 Å². The summed E-state index contributed by atoms with van der Waals surface area (Å²) in [6, 6.07) is 3.66. The van der Waals surface area contributed by atoms with E-state index in [2.05, 4.69) is 26.5 Å². The van der Waals surface area contributed by atoms with Gasteiger partial charge in [0.05, 0.1) is 11.1 Å². The van der Waals surface area contributed by atoms with Crippen molar-refractivity contribution in [2.24, 2.45) is 0 Å². The van der Waals surface area contributed by atoms with Crippen molar-refractivity contribution in [1.82, 2.24) is 3.97 Å². The number of carboxylic acid groups (broad SMARTS) is 1. The third kappa shape index (κ3) is 2.64. The highest BCUT2D eigenvalue weighted by atomic mass is 79.9. The van der Waals surface area contributed by atoms with Crippen LogP contribution in [-0.2, 0) is 0 Å². The van der Waals surface area contributed by atoms with E-state index in [0.717, 1.165) is 27.4 Å². The first-order valence-electron chi connectivity index (χ1n) is 6.81. The number of rotatable bonds is 5. The van der Waals surface area contributed by atoms with Crippen LogP contribution in [0.1, 0.15) is 35.2 Å². The SMILES string of the molecule is C=CCC1(Sn2cc(C)c3c(C(=O)O)cc(Br)cc32)CC1. The van der Waals surface area contributed by atoms with Gasteiger partial charge in [0, 0.05) is 20.8 Å². The van der Waals surface area contributed by atoms with Crippen LogP contribution in [0.2, 0.25) is 0 Å². The first kappa shape index (κ1) is 14.7. The molecule has 0 bridgehead atoms. The van der Waals surface area contributed by atoms with Crippen molar-refractivity contribution in [2.75, 3.05) is 0 Å². The molecule has 1 heterocycles. The number of halogens is 1. The second-order valence-electron chi connectivity index (χ2n) is 5.56. The Morgan fingerprint density at radius 3 is 2.86 bits per heavy atom. The van der Waals surface area contributed by atoms with Crippen LogP contribution < -0.4 is 0 Å². The molecule has 0 amide bonds. The number of carboxylic acids is 1. The number of aryl methyl sites for hydroxylation is 1. The monoisotopic (exact) mass is 365 g/mol. The molecule has 3 rings (SSSR count). The Hall–Kier alpha value is -1.20. The first-order chi connectivity index (χ1) is 9.96. The van der Waals surface area contributed by atoms with Crippen molar-refractivity contribution >= 4 is 44.8 Å². The summed E-state index contributed by atoms with van der Waals surface area (Å²) in [6.45, 7) is 5.80. The van der Waals surface area contributed by atoms with Gasteiger partial charge in [0.25, 0.3) is 0 Å². The highest BCUT2D eigenvalue weighted by Gasteiger charge is 2.43. The Balaban J connectivity index is 2.13. The van der Waals surface area contributed by atoms with Gasteiger partial charge in [-0.15, -0.1) is 6.58 Å². The van der Waals surface area contributed by atoms with E-state index in [-0.39, 0.29) is 4.75 Å². The molecule has 1 aliphatic carbocycles. The smallest absolute Gasteiger partial charge is 0.336 e. The van der Waals surface area contributed by atoms with E-state index in [1.807, 2.05) is 25.3 Å². The first-order valence-corrected chi connectivity index (χ1v) is 8.37. The summed E-state index contributed by atoms with van der Waals surface area (Å²) < 4.78 is 3.16. The molecule has 1 saturated carbocycles. The van der Waals surface area contributed by atoms with Gasteiger partial charge in [0.1, 0.15) is 0 Å². The van der Waals surface area contributed by atoms with Crippen LogP contribution in [0.3, 0.4) is 0 Å². The summed E-state index contributed by atoms with van der Waals surface area (Å²) in [5, 5.41) is 10.2. The summed E-state index contributed by atoms with van der Waals surface area (Å²) >= 11 is 5.21. The molecule has 0 spiro atoms. The van der Waals surface area contributed by atoms with Gasteiger partial charge >= 0.3 is 5.97 Å². The summed E-state index contributed by atoms with van der Waals surface area (Å²) in [4.78, 5) is 11.5. The van der Waals surface area contributed by atoms with E-state index in [1.54, 1.807) is 18.0 Å². The lowest BCUT2D eigenvalue weighted by Crippen LogP contribution is -2.04. The molecule has 0 radical (unpaired) electrons. The fourth-order valence-electron chi connectivity index (χ4n) is 2.68. The Bertz CT molecular complexity index is 746. The Kier molecular flexibility index (Phi) is 3.66. The van der Waals surface area contributed by atoms with E-state index in [9.17, 15) is 9.90 Å². The molecule has 1 N–H and O–H groups in total.